The van der Waals surface area contributed by atoms with E-state index < -0.39 is 0 Å². The Morgan fingerprint density at radius 3 is 2.38 bits per heavy atom. The number of carbonyl (C=O) groups is 1. The number of aromatic nitrogens is 3. The number of hydrogen-bond acceptors (Lipinski definition) is 4. The molecule has 0 unspecified atom stereocenters. The first-order chi connectivity index (χ1) is 13.8. The van der Waals surface area contributed by atoms with E-state index in [1.165, 1.54) is 11.1 Å². The van der Waals surface area contributed by atoms with E-state index in [2.05, 4.69) is 52.3 Å². The van der Waals surface area contributed by atoms with Crippen LogP contribution in [0.15, 0.2) is 48.5 Å². The lowest BCUT2D eigenvalue weighted by atomic mass is 10.0. The van der Waals surface area contributed by atoms with Gasteiger partial charge in [-0.3, -0.25) is 4.79 Å². The van der Waals surface area contributed by atoms with Crippen molar-refractivity contribution in [1.29, 1.82) is 0 Å². The fraction of sp³-hybridized carbons (Fsp3) is 0.348. The molecule has 0 aliphatic heterocycles. The van der Waals surface area contributed by atoms with E-state index in [0.29, 0.717) is 18.3 Å². The highest BCUT2D eigenvalue weighted by atomic mass is 16.2. The smallest absolute Gasteiger partial charge is 0.291 e. The second kappa shape index (κ2) is 9.01. The summed E-state index contributed by atoms with van der Waals surface area (Å²) in [5, 5.41) is 7.39. The molecule has 0 atom stereocenters. The minimum Gasteiger partial charge on any atom is -0.345 e. The van der Waals surface area contributed by atoms with Crippen molar-refractivity contribution < 1.29 is 4.79 Å². The zero-order chi connectivity index (χ0) is 21.0. The Balaban J connectivity index is 1.71. The number of amides is 1. The highest BCUT2D eigenvalue weighted by Crippen LogP contribution is 2.23. The van der Waals surface area contributed by atoms with Gasteiger partial charge < -0.3 is 10.2 Å². The predicted molar refractivity (Wildman–Crippen MR) is 115 cm³/mol. The molecule has 1 N–H and O–H groups in total. The van der Waals surface area contributed by atoms with E-state index in [1.807, 2.05) is 51.4 Å². The van der Waals surface area contributed by atoms with Gasteiger partial charge in [0.25, 0.3) is 5.91 Å². The van der Waals surface area contributed by atoms with Gasteiger partial charge in [0.15, 0.2) is 0 Å². The quantitative estimate of drug-likeness (QED) is 0.667. The van der Waals surface area contributed by atoms with Crippen LogP contribution in [-0.4, -0.2) is 39.7 Å². The van der Waals surface area contributed by atoms with Gasteiger partial charge in [0.1, 0.15) is 5.82 Å². The molecule has 152 valence electrons. The number of rotatable bonds is 7. The standard InChI is InChI=1S/C23H29N5O/c1-16(2)20-8-6-7-9-21(20)28-17(3)25-22(26-28)23(29)24-14-18-10-12-19(13-11-18)15-27(4)5/h6-13,16H,14-15H2,1-5H3,(H,24,29). The molecule has 6 nitrogen and oxygen atoms in total. The van der Waals surface area contributed by atoms with Crippen LogP contribution >= 0.6 is 0 Å². The van der Waals surface area contributed by atoms with Crippen LogP contribution in [0.4, 0.5) is 0 Å². The molecule has 0 spiro atoms. The fourth-order valence-corrected chi connectivity index (χ4v) is 3.27. The third-order valence-corrected chi connectivity index (χ3v) is 4.73. The molecule has 3 aromatic rings. The molecular weight excluding hydrogens is 362 g/mol. The lowest BCUT2D eigenvalue weighted by Crippen LogP contribution is -2.24. The number of nitrogens with one attached hydrogen (secondary N) is 1. The fourth-order valence-electron chi connectivity index (χ4n) is 3.27. The first-order valence-electron chi connectivity index (χ1n) is 9.89. The SMILES string of the molecule is Cc1nc(C(=O)NCc2ccc(CN(C)C)cc2)nn1-c1ccccc1C(C)C. The maximum atomic E-state index is 12.6. The number of hydrogen-bond donors (Lipinski definition) is 1. The molecule has 0 saturated heterocycles. The van der Waals surface area contributed by atoms with Crippen molar-refractivity contribution in [2.24, 2.45) is 0 Å². The molecule has 0 fully saturated rings. The first-order valence-corrected chi connectivity index (χ1v) is 9.89. The Morgan fingerprint density at radius 2 is 1.72 bits per heavy atom. The number of aryl methyl sites for hydroxylation is 1. The van der Waals surface area contributed by atoms with Crippen LogP contribution in [0.5, 0.6) is 0 Å². The van der Waals surface area contributed by atoms with Crippen LogP contribution in [0.25, 0.3) is 5.69 Å². The van der Waals surface area contributed by atoms with E-state index in [4.69, 9.17) is 0 Å². The summed E-state index contributed by atoms with van der Waals surface area (Å²) >= 11 is 0. The van der Waals surface area contributed by atoms with Crippen molar-refractivity contribution >= 4 is 5.91 Å². The first kappa shape index (κ1) is 20.7. The summed E-state index contributed by atoms with van der Waals surface area (Å²) in [4.78, 5) is 19.1. The van der Waals surface area contributed by atoms with Crippen molar-refractivity contribution in [2.45, 2.75) is 39.8 Å². The molecule has 0 radical (unpaired) electrons. The Bertz CT molecular complexity index is 973. The second-order valence-corrected chi connectivity index (χ2v) is 7.84. The van der Waals surface area contributed by atoms with Gasteiger partial charge in [-0.25, -0.2) is 9.67 Å². The molecule has 0 saturated carbocycles. The van der Waals surface area contributed by atoms with Crippen molar-refractivity contribution in [3.63, 3.8) is 0 Å². The zero-order valence-electron chi connectivity index (χ0n) is 17.8. The summed E-state index contributed by atoms with van der Waals surface area (Å²) in [6, 6.07) is 16.3. The van der Waals surface area contributed by atoms with Crippen molar-refractivity contribution in [3.05, 3.63) is 76.9 Å². The van der Waals surface area contributed by atoms with Crippen molar-refractivity contribution in [2.75, 3.05) is 14.1 Å². The van der Waals surface area contributed by atoms with Crippen LogP contribution < -0.4 is 5.32 Å². The minimum absolute atomic E-state index is 0.185. The van der Waals surface area contributed by atoms with Crippen molar-refractivity contribution in [1.82, 2.24) is 25.0 Å². The molecule has 1 amide bonds. The minimum atomic E-state index is -0.272. The summed E-state index contributed by atoms with van der Waals surface area (Å²) in [5.41, 5.74) is 4.42. The Morgan fingerprint density at radius 1 is 1.07 bits per heavy atom. The summed E-state index contributed by atoms with van der Waals surface area (Å²) in [6.07, 6.45) is 0. The highest BCUT2D eigenvalue weighted by Gasteiger charge is 2.17. The Labute approximate surface area is 172 Å². The monoisotopic (exact) mass is 391 g/mol. The normalized spacial score (nSPS) is 11.3. The molecular formula is C23H29N5O. The maximum absolute atomic E-state index is 12.6. The van der Waals surface area contributed by atoms with Crippen LogP contribution in [-0.2, 0) is 13.1 Å². The molecule has 29 heavy (non-hydrogen) atoms. The number of carbonyl (C=O) groups excluding carboxylic acids is 1. The number of nitrogens with zero attached hydrogens (tertiary/aromatic N) is 4. The molecule has 6 heteroatoms. The summed E-state index contributed by atoms with van der Waals surface area (Å²) < 4.78 is 1.75. The van der Waals surface area contributed by atoms with Gasteiger partial charge in [0, 0.05) is 13.1 Å². The summed E-state index contributed by atoms with van der Waals surface area (Å²) in [7, 11) is 4.09. The zero-order valence-corrected chi connectivity index (χ0v) is 17.8. The van der Waals surface area contributed by atoms with E-state index in [-0.39, 0.29) is 11.7 Å². The van der Waals surface area contributed by atoms with Crippen LogP contribution in [0.2, 0.25) is 0 Å². The topological polar surface area (TPSA) is 63.1 Å². The molecule has 0 bridgehead atoms. The summed E-state index contributed by atoms with van der Waals surface area (Å²) in [5.74, 6) is 0.954. The highest BCUT2D eigenvalue weighted by molar-refractivity contribution is 5.90. The van der Waals surface area contributed by atoms with Gasteiger partial charge in [0.05, 0.1) is 5.69 Å². The average molecular weight is 392 g/mol. The molecule has 3 rings (SSSR count). The third kappa shape index (κ3) is 5.09. The maximum Gasteiger partial charge on any atom is 0.291 e. The average Bonchev–Trinajstić information content (AvgIpc) is 3.08. The second-order valence-electron chi connectivity index (χ2n) is 7.84. The van der Waals surface area contributed by atoms with Crippen molar-refractivity contribution in [3.8, 4) is 5.69 Å². The number of benzene rings is 2. The molecule has 0 aliphatic carbocycles. The van der Waals surface area contributed by atoms with E-state index in [9.17, 15) is 4.79 Å². The predicted octanol–water partition coefficient (Wildman–Crippen LogP) is 3.69. The lowest BCUT2D eigenvalue weighted by Gasteiger charge is -2.12. The van der Waals surface area contributed by atoms with E-state index in [1.54, 1.807) is 4.68 Å². The molecule has 2 aromatic carbocycles. The van der Waals surface area contributed by atoms with E-state index >= 15 is 0 Å². The van der Waals surface area contributed by atoms with Gasteiger partial charge in [-0.05, 0) is 49.7 Å². The van der Waals surface area contributed by atoms with Gasteiger partial charge >= 0.3 is 0 Å². The molecule has 1 aromatic heterocycles. The van der Waals surface area contributed by atoms with Crippen LogP contribution in [0.1, 0.15) is 52.9 Å². The van der Waals surface area contributed by atoms with Crippen LogP contribution in [0, 0.1) is 6.92 Å². The number of para-hydroxylation sites is 1. The Hall–Kier alpha value is -2.99. The van der Waals surface area contributed by atoms with Gasteiger partial charge in [0.2, 0.25) is 5.82 Å². The van der Waals surface area contributed by atoms with Gasteiger partial charge in [-0.15, -0.1) is 5.10 Å². The Kier molecular flexibility index (Phi) is 6.44. The summed E-state index contributed by atoms with van der Waals surface area (Å²) in [6.45, 7) is 7.48. The largest absolute Gasteiger partial charge is 0.345 e. The van der Waals surface area contributed by atoms with Gasteiger partial charge in [-0.1, -0.05) is 56.3 Å². The molecule has 1 heterocycles. The van der Waals surface area contributed by atoms with Gasteiger partial charge in [-0.2, -0.15) is 0 Å². The van der Waals surface area contributed by atoms with E-state index in [0.717, 1.165) is 17.8 Å². The van der Waals surface area contributed by atoms with Crippen LogP contribution in [0.3, 0.4) is 0 Å². The third-order valence-electron chi connectivity index (χ3n) is 4.73. The lowest BCUT2D eigenvalue weighted by molar-refractivity contribution is 0.0940. The molecule has 0 aliphatic rings.